The van der Waals surface area contributed by atoms with Crippen molar-refractivity contribution >= 4 is 11.5 Å². The number of pyridine rings is 1. The highest BCUT2D eigenvalue weighted by atomic mass is 15.3. The lowest BCUT2D eigenvalue weighted by Gasteiger charge is -2.29. The maximum Gasteiger partial charge on any atom is 0.153 e. The van der Waals surface area contributed by atoms with Gasteiger partial charge in [0.15, 0.2) is 5.82 Å². The zero-order valence-electron chi connectivity index (χ0n) is 9.06. The number of aromatic nitrogens is 1. The maximum absolute atomic E-state index is 8.94. The standard InChI is InChI=1S/C12H14N4/c13-6-9-3-4-15-12(11(9)14)16-7-8-1-2-10(16)5-8/h3-4,8,10H,1-2,5,7,14H2. The first kappa shape index (κ1) is 9.46. The second-order valence-corrected chi connectivity index (χ2v) is 4.69. The van der Waals surface area contributed by atoms with Crippen LogP contribution in [0, 0.1) is 17.2 Å². The summed E-state index contributed by atoms with van der Waals surface area (Å²) in [5.74, 6) is 1.61. The van der Waals surface area contributed by atoms with E-state index in [-0.39, 0.29) is 0 Å². The molecular formula is C12H14N4. The van der Waals surface area contributed by atoms with Gasteiger partial charge < -0.3 is 10.6 Å². The lowest BCUT2D eigenvalue weighted by Crippen LogP contribution is -2.33. The molecule has 2 aliphatic rings. The minimum atomic E-state index is 0.535. The first-order chi connectivity index (χ1) is 7.79. The van der Waals surface area contributed by atoms with Gasteiger partial charge in [-0.3, -0.25) is 0 Å². The molecule has 4 heteroatoms. The van der Waals surface area contributed by atoms with Gasteiger partial charge in [0.05, 0.1) is 11.3 Å². The number of piperidine rings is 1. The summed E-state index contributed by atoms with van der Waals surface area (Å²) in [7, 11) is 0. The Morgan fingerprint density at radius 2 is 2.38 bits per heavy atom. The van der Waals surface area contributed by atoms with Crippen LogP contribution in [0.4, 0.5) is 11.5 Å². The quantitative estimate of drug-likeness (QED) is 0.769. The van der Waals surface area contributed by atoms with E-state index in [0.29, 0.717) is 17.3 Å². The maximum atomic E-state index is 8.94. The number of rotatable bonds is 1. The number of nitrogens with two attached hydrogens (primary N) is 1. The molecule has 0 radical (unpaired) electrons. The second kappa shape index (κ2) is 3.38. The van der Waals surface area contributed by atoms with Gasteiger partial charge in [0.1, 0.15) is 6.07 Å². The van der Waals surface area contributed by atoms with Gasteiger partial charge in [-0.1, -0.05) is 0 Å². The summed E-state index contributed by atoms with van der Waals surface area (Å²) in [6.07, 6.45) is 5.51. The van der Waals surface area contributed by atoms with Crippen LogP contribution in [0.25, 0.3) is 0 Å². The molecule has 1 saturated carbocycles. The Balaban J connectivity index is 1.99. The molecular weight excluding hydrogens is 200 g/mol. The second-order valence-electron chi connectivity index (χ2n) is 4.69. The van der Waals surface area contributed by atoms with Crippen LogP contribution < -0.4 is 10.6 Å². The number of nitriles is 1. The SMILES string of the molecule is N#Cc1ccnc(N2CC3CCC2C3)c1N. The third kappa shape index (κ3) is 1.25. The molecule has 1 aromatic rings. The summed E-state index contributed by atoms with van der Waals surface area (Å²) < 4.78 is 0. The number of nitrogens with zero attached hydrogens (tertiary/aromatic N) is 3. The van der Waals surface area contributed by atoms with Gasteiger partial charge in [-0.05, 0) is 31.2 Å². The molecule has 2 unspecified atom stereocenters. The van der Waals surface area contributed by atoms with Crippen LogP contribution in [0.3, 0.4) is 0 Å². The fraction of sp³-hybridized carbons (Fsp3) is 0.500. The van der Waals surface area contributed by atoms with Gasteiger partial charge in [-0.2, -0.15) is 5.26 Å². The van der Waals surface area contributed by atoms with Crippen LogP contribution in [0.2, 0.25) is 0 Å². The van der Waals surface area contributed by atoms with Crippen molar-refractivity contribution < 1.29 is 0 Å². The van der Waals surface area contributed by atoms with Crippen molar-refractivity contribution in [3.05, 3.63) is 17.8 Å². The zero-order chi connectivity index (χ0) is 11.1. The molecule has 4 nitrogen and oxygen atoms in total. The van der Waals surface area contributed by atoms with Crippen molar-refractivity contribution in [3.8, 4) is 6.07 Å². The molecule has 2 fully saturated rings. The fourth-order valence-electron chi connectivity index (χ4n) is 2.97. The molecule has 1 saturated heterocycles. The molecule has 16 heavy (non-hydrogen) atoms. The lowest BCUT2D eigenvalue weighted by molar-refractivity contribution is 0.551. The number of anilines is 2. The zero-order valence-corrected chi connectivity index (χ0v) is 9.06. The normalized spacial score (nSPS) is 27.1. The molecule has 1 aromatic heterocycles. The van der Waals surface area contributed by atoms with Crippen LogP contribution >= 0.6 is 0 Å². The van der Waals surface area contributed by atoms with Crippen LogP contribution in [-0.4, -0.2) is 17.6 Å². The molecule has 0 spiro atoms. The summed E-state index contributed by atoms with van der Waals surface area (Å²) in [6, 6.07) is 4.38. The topological polar surface area (TPSA) is 65.9 Å². The molecule has 2 N–H and O–H groups in total. The van der Waals surface area contributed by atoms with Crippen LogP contribution in [0.15, 0.2) is 12.3 Å². The minimum absolute atomic E-state index is 0.535. The van der Waals surface area contributed by atoms with E-state index in [1.807, 2.05) is 0 Å². The van der Waals surface area contributed by atoms with Gasteiger partial charge in [0.2, 0.25) is 0 Å². The Labute approximate surface area is 94.7 Å². The van der Waals surface area contributed by atoms with E-state index in [4.69, 9.17) is 11.0 Å². The van der Waals surface area contributed by atoms with E-state index in [2.05, 4.69) is 16.0 Å². The highest BCUT2D eigenvalue weighted by Crippen LogP contribution is 2.41. The Bertz CT molecular complexity index is 463. The van der Waals surface area contributed by atoms with E-state index in [0.717, 1.165) is 18.3 Å². The average Bonchev–Trinajstić information content (AvgIpc) is 2.91. The van der Waals surface area contributed by atoms with Crippen LogP contribution in [-0.2, 0) is 0 Å². The van der Waals surface area contributed by atoms with Gasteiger partial charge >= 0.3 is 0 Å². The largest absolute Gasteiger partial charge is 0.395 e. The Morgan fingerprint density at radius 3 is 3.00 bits per heavy atom. The van der Waals surface area contributed by atoms with Gasteiger partial charge in [-0.15, -0.1) is 0 Å². The van der Waals surface area contributed by atoms with Crippen molar-refractivity contribution in [1.82, 2.24) is 4.98 Å². The number of fused-ring (bicyclic) bond motifs is 2. The van der Waals surface area contributed by atoms with E-state index >= 15 is 0 Å². The average molecular weight is 214 g/mol. The first-order valence-corrected chi connectivity index (χ1v) is 5.71. The van der Waals surface area contributed by atoms with Crippen molar-refractivity contribution in [2.45, 2.75) is 25.3 Å². The van der Waals surface area contributed by atoms with E-state index < -0.39 is 0 Å². The molecule has 0 aromatic carbocycles. The number of hydrogen-bond donors (Lipinski definition) is 1. The highest BCUT2D eigenvalue weighted by molar-refractivity contribution is 5.70. The van der Waals surface area contributed by atoms with Gasteiger partial charge in [0.25, 0.3) is 0 Å². The molecule has 1 aliphatic heterocycles. The molecule has 2 atom stereocenters. The predicted octanol–water partition coefficient (Wildman–Crippen LogP) is 1.52. The van der Waals surface area contributed by atoms with E-state index in [1.54, 1.807) is 12.3 Å². The monoisotopic (exact) mass is 214 g/mol. The predicted molar refractivity (Wildman–Crippen MR) is 61.8 cm³/mol. The molecule has 2 bridgehead atoms. The van der Waals surface area contributed by atoms with Crippen LogP contribution in [0.5, 0.6) is 0 Å². The number of hydrogen-bond acceptors (Lipinski definition) is 4. The molecule has 2 heterocycles. The van der Waals surface area contributed by atoms with Crippen molar-refractivity contribution in [3.63, 3.8) is 0 Å². The van der Waals surface area contributed by atoms with Gasteiger partial charge in [0, 0.05) is 18.8 Å². The summed E-state index contributed by atoms with van der Waals surface area (Å²) in [4.78, 5) is 6.62. The lowest BCUT2D eigenvalue weighted by atomic mass is 10.1. The smallest absolute Gasteiger partial charge is 0.153 e. The Hall–Kier alpha value is -1.76. The molecule has 0 amide bonds. The summed E-state index contributed by atoms with van der Waals surface area (Å²) in [5.41, 5.74) is 7.05. The Kier molecular flexibility index (Phi) is 2.00. The third-order valence-electron chi connectivity index (χ3n) is 3.77. The molecule has 82 valence electrons. The van der Waals surface area contributed by atoms with Crippen LogP contribution in [0.1, 0.15) is 24.8 Å². The van der Waals surface area contributed by atoms with E-state index in [9.17, 15) is 0 Å². The molecule has 1 aliphatic carbocycles. The first-order valence-electron chi connectivity index (χ1n) is 5.71. The minimum Gasteiger partial charge on any atom is -0.395 e. The van der Waals surface area contributed by atoms with E-state index in [1.165, 1.54) is 19.3 Å². The summed E-state index contributed by atoms with van der Waals surface area (Å²) >= 11 is 0. The summed E-state index contributed by atoms with van der Waals surface area (Å²) in [6.45, 7) is 1.05. The Morgan fingerprint density at radius 1 is 1.50 bits per heavy atom. The van der Waals surface area contributed by atoms with Crippen molar-refractivity contribution in [1.29, 1.82) is 5.26 Å². The fourth-order valence-corrected chi connectivity index (χ4v) is 2.97. The van der Waals surface area contributed by atoms with Crippen molar-refractivity contribution in [2.24, 2.45) is 5.92 Å². The van der Waals surface area contributed by atoms with Gasteiger partial charge in [-0.25, -0.2) is 4.98 Å². The third-order valence-corrected chi connectivity index (χ3v) is 3.77. The number of nitrogen functional groups attached to an aromatic ring is 1. The van der Waals surface area contributed by atoms with Crippen molar-refractivity contribution in [2.75, 3.05) is 17.2 Å². The highest BCUT2D eigenvalue weighted by Gasteiger charge is 2.39. The molecule has 3 rings (SSSR count). The summed E-state index contributed by atoms with van der Waals surface area (Å²) in [5, 5.41) is 8.94.